The van der Waals surface area contributed by atoms with Gasteiger partial charge in [-0.15, -0.1) is 0 Å². The highest BCUT2D eigenvalue weighted by Gasteiger charge is 2.09. The monoisotopic (exact) mass is 200 g/mol. The molecule has 0 amide bonds. The van der Waals surface area contributed by atoms with Gasteiger partial charge >= 0.3 is 0 Å². The molecule has 0 radical (unpaired) electrons. The minimum atomic E-state index is 0.0983. The zero-order valence-corrected chi connectivity index (χ0v) is 8.55. The van der Waals surface area contributed by atoms with Crippen LogP contribution in [-0.2, 0) is 13.5 Å². The Labute approximate surface area is 88.4 Å². The number of Topliss-reactive ketones (excluding diaryl/α,β-unsaturated/α-hetero) is 1. The number of benzene rings is 1. The maximum Gasteiger partial charge on any atom is 0.185 e. The molecule has 0 aliphatic rings. The van der Waals surface area contributed by atoms with E-state index in [2.05, 4.69) is 4.98 Å². The largest absolute Gasteiger partial charge is 0.331 e. The first-order valence-corrected chi connectivity index (χ1v) is 4.81. The molecule has 0 spiro atoms. The lowest BCUT2D eigenvalue weighted by molar-refractivity contribution is 0.0985. The van der Waals surface area contributed by atoms with E-state index in [-0.39, 0.29) is 5.78 Å². The van der Waals surface area contributed by atoms with Crippen molar-refractivity contribution in [2.45, 2.75) is 6.42 Å². The quantitative estimate of drug-likeness (QED) is 0.709. The second kappa shape index (κ2) is 4.09. The van der Waals surface area contributed by atoms with Crippen molar-refractivity contribution in [1.29, 1.82) is 0 Å². The summed E-state index contributed by atoms with van der Waals surface area (Å²) in [6.45, 7) is 0. The number of hydrogen-bond donors (Lipinski definition) is 0. The van der Waals surface area contributed by atoms with Crippen molar-refractivity contribution < 1.29 is 4.79 Å². The summed E-state index contributed by atoms with van der Waals surface area (Å²) in [4.78, 5) is 15.8. The topological polar surface area (TPSA) is 34.9 Å². The number of carbonyl (C=O) groups excluding carboxylic acids is 1. The summed E-state index contributed by atoms with van der Waals surface area (Å²) in [5.41, 5.74) is 1.68. The summed E-state index contributed by atoms with van der Waals surface area (Å²) in [6.07, 6.45) is 3.67. The van der Waals surface area contributed by atoms with E-state index in [1.54, 1.807) is 17.1 Å². The van der Waals surface area contributed by atoms with Gasteiger partial charge in [-0.05, 0) is 5.56 Å². The third-order valence-electron chi connectivity index (χ3n) is 2.31. The minimum Gasteiger partial charge on any atom is -0.331 e. The molecule has 76 valence electrons. The van der Waals surface area contributed by atoms with Crippen molar-refractivity contribution in [3.8, 4) is 0 Å². The van der Waals surface area contributed by atoms with Gasteiger partial charge in [0.1, 0.15) is 5.69 Å². The van der Waals surface area contributed by atoms with Crippen molar-refractivity contribution in [2.75, 3.05) is 0 Å². The van der Waals surface area contributed by atoms with E-state index < -0.39 is 0 Å². The van der Waals surface area contributed by atoms with Crippen LogP contribution in [0.25, 0.3) is 0 Å². The summed E-state index contributed by atoms with van der Waals surface area (Å²) in [5, 5.41) is 0. The van der Waals surface area contributed by atoms with Crippen LogP contribution >= 0.6 is 0 Å². The predicted molar refractivity (Wildman–Crippen MR) is 57.7 cm³/mol. The molecule has 0 saturated carbocycles. The zero-order chi connectivity index (χ0) is 10.7. The molecule has 2 aromatic rings. The molecule has 3 heteroatoms. The van der Waals surface area contributed by atoms with Gasteiger partial charge in [-0.3, -0.25) is 4.79 Å². The molecule has 15 heavy (non-hydrogen) atoms. The van der Waals surface area contributed by atoms with Gasteiger partial charge in [0.05, 0.1) is 12.5 Å². The van der Waals surface area contributed by atoms with Gasteiger partial charge in [-0.1, -0.05) is 30.3 Å². The van der Waals surface area contributed by atoms with E-state index in [1.807, 2.05) is 37.4 Å². The van der Waals surface area contributed by atoms with Crippen molar-refractivity contribution in [2.24, 2.45) is 7.05 Å². The van der Waals surface area contributed by atoms with E-state index in [0.29, 0.717) is 12.1 Å². The van der Waals surface area contributed by atoms with Crippen LogP contribution < -0.4 is 0 Å². The molecule has 0 unspecified atom stereocenters. The van der Waals surface area contributed by atoms with E-state index in [0.717, 1.165) is 5.56 Å². The van der Waals surface area contributed by atoms with Crippen LogP contribution in [0.1, 0.15) is 16.1 Å². The van der Waals surface area contributed by atoms with Crippen LogP contribution in [0.3, 0.4) is 0 Å². The van der Waals surface area contributed by atoms with E-state index in [9.17, 15) is 4.79 Å². The van der Waals surface area contributed by atoms with Crippen LogP contribution in [-0.4, -0.2) is 15.3 Å². The van der Waals surface area contributed by atoms with Crippen LogP contribution in [0.15, 0.2) is 42.9 Å². The average Bonchev–Trinajstić information content (AvgIpc) is 2.66. The Balaban J connectivity index is 2.15. The Bertz CT molecular complexity index is 459. The molecule has 1 aromatic heterocycles. The minimum absolute atomic E-state index is 0.0983. The van der Waals surface area contributed by atoms with E-state index >= 15 is 0 Å². The molecule has 0 fully saturated rings. The Hall–Kier alpha value is -1.90. The predicted octanol–water partition coefficient (Wildman–Crippen LogP) is 1.85. The summed E-state index contributed by atoms with van der Waals surface area (Å²) < 4.78 is 1.74. The Morgan fingerprint density at radius 3 is 2.67 bits per heavy atom. The molecule has 0 saturated heterocycles. The fraction of sp³-hybridized carbons (Fsp3) is 0.167. The first-order chi connectivity index (χ1) is 7.27. The number of nitrogens with zero attached hydrogens (tertiary/aromatic N) is 2. The maximum absolute atomic E-state index is 11.8. The number of rotatable bonds is 3. The van der Waals surface area contributed by atoms with Crippen molar-refractivity contribution in [3.05, 3.63) is 54.1 Å². The van der Waals surface area contributed by atoms with Gasteiger partial charge in [-0.25, -0.2) is 4.98 Å². The van der Waals surface area contributed by atoms with Crippen molar-refractivity contribution in [1.82, 2.24) is 9.55 Å². The van der Waals surface area contributed by atoms with Gasteiger partial charge in [0.15, 0.2) is 5.78 Å². The Kier molecular flexibility index (Phi) is 2.63. The van der Waals surface area contributed by atoms with Crippen LogP contribution in [0.2, 0.25) is 0 Å². The lowest BCUT2D eigenvalue weighted by atomic mass is 10.1. The van der Waals surface area contributed by atoms with Gasteiger partial charge in [-0.2, -0.15) is 0 Å². The molecule has 0 aliphatic carbocycles. The summed E-state index contributed by atoms with van der Waals surface area (Å²) in [5.74, 6) is 0.0983. The normalized spacial score (nSPS) is 10.2. The number of imidazole rings is 1. The second-order valence-electron chi connectivity index (χ2n) is 3.48. The van der Waals surface area contributed by atoms with Crippen LogP contribution in [0.5, 0.6) is 0 Å². The highest BCUT2D eigenvalue weighted by Crippen LogP contribution is 2.06. The van der Waals surface area contributed by atoms with Crippen LogP contribution in [0, 0.1) is 0 Å². The number of hydrogen-bond acceptors (Lipinski definition) is 2. The second-order valence-corrected chi connectivity index (χ2v) is 3.48. The third kappa shape index (κ3) is 2.13. The van der Waals surface area contributed by atoms with E-state index in [4.69, 9.17) is 0 Å². The number of aryl methyl sites for hydroxylation is 1. The Morgan fingerprint density at radius 1 is 1.33 bits per heavy atom. The fourth-order valence-corrected chi connectivity index (χ4v) is 1.50. The van der Waals surface area contributed by atoms with Gasteiger partial charge < -0.3 is 4.57 Å². The van der Waals surface area contributed by atoms with Gasteiger partial charge in [0.2, 0.25) is 0 Å². The lowest BCUT2D eigenvalue weighted by Gasteiger charge is -2.01. The molecule has 2 rings (SSSR count). The standard InChI is InChI=1S/C12H12N2O/c1-14-9-13-8-11(14)12(15)7-10-5-3-2-4-6-10/h2-6,8-9H,7H2,1H3. The van der Waals surface area contributed by atoms with Gasteiger partial charge in [0.25, 0.3) is 0 Å². The number of carbonyl (C=O) groups is 1. The summed E-state index contributed by atoms with van der Waals surface area (Å²) in [7, 11) is 1.82. The van der Waals surface area contributed by atoms with Gasteiger partial charge in [0, 0.05) is 13.5 Å². The molecular formula is C12H12N2O. The molecule has 1 aromatic carbocycles. The summed E-state index contributed by atoms with van der Waals surface area (Å²) >= 11 is 0. The first-order valence-electron chi connectivity index (χ1n) is 4.81. The Morgan fingerprint density at radius 2 is 2.07 bits per heavy atom. The van der Waals surface area contributed by atoms with Crippen LogP contribution in [0.4, 0.5) is 0 Å². The molecule has 3 nitrogen and oxygen atoms in total. The fourth-order valence-electron chi connectivity index (χ4n) is 1.50. The highest BCUT2D eigenvalue weighted by molar-refractivity contribution is 5.95. The molecule has 0 N–H and O–H groups in total. The molecule has 0 aliphatic heterocycles. The molecule has 0 bridgehead atoms. The SMILES string of the molecule is Cn1cncc1C(=O)Cc1ccccc1. The van der Waals surface area contributed by atoms with E-state index in [1.165, 1.54) is 0 Å². The van der Waals surface area contributed by atoms with Crippen molar-refractivity contribution in [3.63, 3.8) is 0 Å². The zero-order valence-electron chi connectivity index (χ0n) is 8.55. The average molecular weight is 200 g/mol. The first kappa shape index (κ1) is 9.65. The third-order valence-corrected chi connectivity index (χ3v) is 2.31. The molecule has 1 heterocycles. The number of ketones is 1. The molecule has 0 atom stereocenters. The van der Waals surface area contributed by atoms with Crippen molar-refractivity contribution >= 4 is 5.78 Å². The summed E-state index contributed by atoms with van der Waals surface area (Å²) in [6, 6.07) is 9.72. The lowest BCUT2D eigenvalue weighted by Crippen LogP contribution is -2.08. The molecular weight excluding hydrogens is 188 g/mol. The number of aromatic nitrogens is 2. The smallest absolute Gasteiger partial charge is 0.185 e. The highest BCUT2D eigenvalue weighted by atomic mass is 16.1. The maximum atomic E-state index is 11.8.